The van der Waals surface area contributed by atoms with Crippen LogP contribution in [-0.2, 0) is 14.3 Å². The van der Waals surface area contributed by atoms with Crippen molar-refractivity contribution in [3.05, 3.63) is 12.2 Å². The molecule has 0 spiro atoms. The smallest absolute Gasteiger partial charge is 0.305 e. The summed E-state index contributed by atoms with van der Waals surface area (Å²) in [5.74, 6) is 6.26. The summed E-state index contributed by atoms with van der Waals surface area (Å²) in [6.45, 7) is 6.99. The molecule has 5 heteroatoms. The fourth-order valence-corrected chi connectivity index (χ4v) is 3.30. The molecule has 0 bridgehead atoms. The Morgan fingerprint density at radius 1 is 1.29 bits per heavy atom. The van der Waals surface area contributed by atoms with E-state index in [1.807, 2.05) is 37.8 Å². The van der Waals surface area contributed by atoms with Crippen LogP contribution in [0.3, 0.4) is 0 Å². The van der Waals surface area contributed by atoms with E-state index in [0.717, 1.165) is 45.1 Å². The number of nitrogens with zero attached hydrogens (tertiary/aromatic N) is 1. The number of carbonyl (C=O) groups is 2. The first-order valence-corrected chi connectivity index (χ1v) is 10.8. The van der Waals surface area contributed by atoms with Gasteiger partial charge >= 0.3 is 5.97 Å². The van der Waals surface area contributed by atoms with Gasteiger partial charge < -0.3 is 14.7 Å². The van der Waals surface area contributed by atoms with Crippen LogP contribution in [0.2, 0.25) is 0 Å². The van der Waals surface area contributed by atoms with E-state index in [1.54, 1.807) is 0 Å². The average Bonchev–Trinajstić information content (AvgIpc) is 3.02. The number of aliphatic hydroxyl groups is 1. The maximum Gasteiger partial charge on any atom is 0.305 e. The zero-order chi connectivity index (χ0) is 20.8. The van der Waals surface area contributed by atoms with Crippen molar-refractivity contribution in [2.75, 3.05) is 13.2 Å². The maximum absolute atomic E-state index is 12.2. The molecular formula is C23H37NO4. The predicted octanol–water partition coefficient (Wildman–Crippen LogP) is 3.85. The molecule has 28 heavy (non-hydrogen) atoms. The fraction of sp³-hybridized carbons (Fsp3) is 0.739. The van der Waals surface area contributed by atoms with Gasteiger partial charge in [-0.2, -0.15) is 0 Å². The van der Waals surface area contributed by atoms with Crippen LogP contribution in [-0.4, -0.2) is 47.2 Å². The van der Waals surface area contributed by atoms with E-state index < -0.39 is 6.10 Å². The summed E-state index contributed by atoms with van der Waals surface area (Å²) in [5.41, 5.74) is 0. The molecule has 0 aromatic carbocycles. The van der Waals surface area contributed by atoms with Crippen LogP contribution in [0, 0.1) is 17.8 Å². The second kappa shape index (κ2) is 14.2. The lowest BCUT2D eigenvalue weighted by Gasteiger charge is -2.23. The minimum Gasteiger partial charge on any atom is -0.466 e. The van der Waals surface area contributed by atoms with E-state index in [2.05, 4.69) is 11.8 Å². The van der Waals surface area contributed by atoms with E-state index in [9.17, 15) is 14.7 Å². The van der Waals surface area contributed by atoms with Crippen molar-refractivity contribution < 1.29 is 19.4 Å². The Morgan fingerprint density at radius 3 is 2.75 bits per heavy atom. The molecule has 0 saturated carbocycles. The standard InChI is InChI=1S/C23H37NO4/c1-4-6-9-12-19(3)21(25)16-14-20-15-17-22(26)24(20)18-11-8-7-10-13-23(27)28-5-2/h14,16,19-21,25H,4-5,7-8,10-13,15,17-18H2,1-3H3/t19-,20-,21+/m0/s1. The van der Waals surface area contributed by atoms with Crippen molar-refractivity contribution in [1.82, 2.24) is 4.90 Å². The Labute approximate surface area is 170 Å². The molecule has 1 saturated heterocycles. The maximum atomic E-state index is 12.2. The van der Waals surface area contributed by atoms with Gasteiger partial charge in [-0.05, 0) is 32.1 Å². The normalized spacial score (nSPS) is 18.8. The SMILES string of the molecule is CCC#CC[C@H](C)[C@H](O)C=C[C@H]1CCC(=O)N1CCCCCCC(=O)OCC. The van der Waals surface area contributed by atoms with Gasteiger partial charge in [0, 0.05) is 32.2 Å². The first-order chi connectivity index (χ1) is 13.5. The number of hydrogen-bond donors (Lipinski definition) is 1. The molecule has 0 aromatic heterocycles. The van der Waals surface area contributed by atoms with Crippen LogP contribution in [0.25, 0.3) is 0 Å². The zero-order valence-corrected chi connectivity index (χ0v) is 17.8. The second-order valence-corrected chi connectivity index (χ2v) is 7.43. The molecule has 1 aliphatic rings. The molecule has 0 aromatic rings. The topological polar surface area (TPSA) is 66.8 Å². The molecule has 1 rings (SSSR count). The number of likely N-dealkylation sites (tertiary alicyclic amines) is 1. The van der Waals surface area contributed by atoms with E-state index >= 15 is 0 Å². The quantitative estimate of drug-likeness (QED) is 0.237. The molecule has 1 aliphatic heterocycles. The highest BCUT2D eigenvalue weighted by molar-refractivity contribution is 5.79. The van der Waals surface area contributed by atoms with Gasteiger partial charge in [-0.3, -0.25) is 9.59 Å². The molecular weight excluding hydrogens is 354 g/mol. The minimum atomic E-state index is -0.536. The zero-order valence-electron chi connectivity index (χ0n) is 17.8. The first-order valence-electron chi connectivity index (χ1n) is 10.8. The first kappa shape index (κ1) is 24.2. The molecule has 1 heterocycles. The van der Waals surface area contributed by atoms with Crippen LogP contribution in [0.5, 0.6) is 0 Å². The van der Waals surface area contributed by atoms with Crippen LogP contribution >= 0.6 is 0 Å². The third-order valence-corrected chi connectivity index (χ3v) is 5.05. The molecule has 1 N–H and O–H groups in total. The van der Waals surface area contributed by atoms with Gasteiger partial charge in [0.25, 0.3) is 0 Å². The Hall–Kier alpha value is -1.80. The van der Waals surface area contributed by atoms with E-state index in [4.69, 9.17) is 4.74 Å². The van der Waals surface area contributed by atoms with Crippen molar-refractivity contribution in [1.29, 1.82) is 0 Å². The van der Waals surface area contributed by atoms with Crippen LogP contribution in [0.15, 0.2) is 12.2 Å². The summed E-state index contributed by atoms with van der Waals surface area (Å²) < 4.78 is 4.92. The Morgan fingerprint density at radius 2 is 2.04 bits per heavy atom. The number of rotatable bonds is 12. The summed E-state index contributed by atoms with van der Waals surface area (Å²) in [6.07, 6.45) is 10.4. The summed E-state index contributed by atoms with van der Waals surface area (Å²) in [7, 11) is 0. The van der Waals surface area contributed by atoms with Crippen LogP contribution < -0.4 is 0 Å². The summed E-state index contributed by atoms with van der Waals surface area (Å²) in [4.78, 5) is 25.4. The van der Waals surface area contributed by atoms with Gasteiger partial charge in [-0.1, -0.05) is 38.8 Å². The molecule has 5 nitrogen and oxygen atoms in total. The summed E-state index contributed by atoms with van der Waals surface area (Å²) in [6, 6.07) is 0.0793. The molecule has 0 unspecified atom stereocenters. The molecule has 1 amide bonds. The van der Waals surface area contributed by atoms with Gasteiger partial charge in [0.15, 0.2) is 0 Å². The monoisotopic (exact) mass is 391 g/mol. The van der Waals surface area contributed by atoms with Gasteiger partial charge in [-0.15, -0.1) is 11.8 Å². The molecule has 0 radical (unpaired) electrons. The number of hydrogen-bond acceptors (Lipinski definition) is 4. The number of unbranched alkanes of at least 4 members (excludes halogenated alkanes) is 3. The average molecular weight is 392 g/mol. The molecule has 3 atom stereocenters. The van der Waals surface area contributed by atoms with E-state index in [1.165, 1.54) is 0 Å². The number of carbonyl (C=O) groups excluding carboxylic acids is 2. The van der Waals surface area contributed by atoms with Crippen LogP contribution in [0.1, 0.15) is 78.6 Å². The van der Waals surface area contributed by atoms with Gasteiger partial charge in [-0.25, -0.2) is 0 Å². The van der Waals surface area contributed by atoms with Crippen molar-refractivity contribution in [2.45, 2.75) is 90.7 Å². The number of esters is 1. The third kappa shape index (κ3) is 9.41. The summed E-state index contributed by atoms with van der Waals surface area (Å²) >= 11 is 0. The van der Waals surface area contributed by atoms with E-state index in [0.29, 0.717) is 25.9 Å². The van der Waals surface area contributed by atoms with E-state index in [-0.39, 0.29) is 23.8 Å². The van der Waals surface area contributed by atoms with Crippen molar-refractivity contribution in [3.8, 4) is 11.8 Å². The van der Waals surface area contributed by atoms with Gasteiger partial charge in [0.2, 0.25) is 5.91 Å². The fourth-order valence-electron chi connectivity index (χ4n) is 3.30. The van der Waals surface area contributed by atoms with Crippen molar-refractivity contribution in [2.24, 2.45) is 5.92 Å². The lowest BCUT2D eigenvalue weighted by Crippen LogP contribution is -2.33. The molecule has 0 aliphatic carbocycles. The lowest BCUT2D eigenvalue weighted by molar-refractivity contribution is -0.143. The third-order valence-electron chi connectivity index (χ3n) is 5.05. The van der Waals surface area contributed by atoms with Crippen molar-refractivity contribution >= 4 is 11.9 Å². The number of aliphatic hydroxyl groups excluding tert-OH is 1. The minimum absolute atomic E-state index is 0.0793. The largest absolute Gasteiger partial charge is 0.466 e. The lowest BCUT2D eigenvalue weighted by atomic mass is 10.00. The Balaban J connectivity index is 2.34. The summed E-state index contributed by atoms with van der Waals surface area (Å²) in [5, 5.41) is 10.3. The Kier molecular flexibility index (Phi) is 12.3. The predicted molar refractivity (Wildman–Crippen MR) is 111 cm³/mol. The highest BCUT2D eigenvalue weighted by Gasteiger charge is 2.28. The van der Waals surface area contributed by atoms with Gasteiger partial charge in [0.05, 0.1) is 18.8 Å². The number of ether oxygens (including phenoxy) is 1. The molecule has 1 fully saturated rings. The van der Waals surface area contributed by atoms with Crippen molar-refractivity contribution in [3.63, 3.8) is 0 Å². The molecule has 158 valence electrons. The van der Waals surface area contributed by atoms with Crippen LogP contribution in [0.4, 0.5) is 0 Å². The number of amides is 1. The second-order valence-electron chi connectivity index (χ2n) is 7.43. The highest BCUT2D eigenvalue weighted by Crippen LogP contribution is 2.22. The van der Waals surface area contributed by atoms with Gasteiger partial charge in [0.1, 0.15) is 0 Å². The Bertz CT molecular complexity index is 561. The highest BCUT2D eigenvalue weighted by atomic mass is 16.5.